The van der Waals surface area contributed by atoms with Crippen LogP contribution < -0.4 is 10.1 Å². The number of rotatable bonds is 7. The summed E-state index contributed by atoms with van der Waals surface area (Å²) in [6.45, 7) is 6.21. The Kier molecular flexibility index (Phi) is 6.85. The molecule has 24 heavy (non-hydrogen) atoms. The van der Waals surface area contributed by atoms with Crippen LogP contribution in [-0.4, -0.2) is 12.5 Å². The van der Waals surface area contributed by atoms with E-state index in [0.717, 1.165) is 22.9 Å². The van der Waals surface area contributed by atoms with Gasteiger partial charge in [-0.25, -0.2) is 0 Å². The fourth-order valence-corrected chi connectivity index (χ4v) is 2.97. The molecule has 0 aliphatic heterocycles. The summed E-state index contributed by atoms with van der Waals surface area (Å²) < 4.78 is 6.49. The highest BCUT2D eigenvalue weighted by Crippen LogP contribution is 2.26. The van der Waals surface area contributed by atoms with Crippen molar-refractivity contribution in [2.45, 2.75) is 39.7 Å². The van der Waals surface area contributed by atoms with Crippen LogP contribution in [0.25, 0.3) is 0 Å². The number of amides is 1. The van der Waals surface area contributed by atoms with E-state index in [9.17, 15) is 4.79 Å². The lowest BCUT2D eigenvalue weighted by Crippen LogP contribution is -2.31. The first-order chi connectivity index (χ1) is 11.5. The van der Waals surface area contributed by atoms with Crippen LogP contribution in [0, 0.1) is 0 Å². The van der Waals surface area contributed by atoms with E-state index in [0.29, 0.717) is 5.75 Å². The van der Waals surface area contributed by atoms with Gasteiger partial charge >= 0.3 is 0 Å². The van der Waals surface area contributed by atoms with Gasteiger partial charge < -0.3 is 10.1 Å². The van der Waals surface area contributed by atoms with Crippen LogP contribution in [0.15, 0.2) is 46.9 Å². The van der Waals surface area contributed by atoms with Gasteiger partial charge in [0.05, 0.1) is 10.5 Å². The second-order valence-corrected chi connectivity index (χ2v) is 6.65. The Morgan fingerprint density at radius 2 is 1.71 bits per heavy atom. The van der Waals surface area contributed by atoms with Crippen LogP contribution in [0.2, 0.25) is 0 Å². The van der Waals surface area contributed by atoms with Crippen LogP contribution >= 0.6 is 15.9 Å². The van der Waals surface area contributed by atoms with E-state index in [2.05, 4.69) is 59.4 Å². The Morgan fingerprint density at radius 3 is 2.29 bits per heavy atom. The molecule has 0 fully saturated rings. The Bertz CT molecular complexity index is 683. The van der Waals surface area contributed by atoms with Crippen LogP contribution in [0.5, 0.6) is 5.75 Å². The Morgan fingerprint density at radius 1 is 1.08 bits per heavy atom. The highest BCUT2D eigenvalue weighted by molar-refractivity contribution is 9.10. The van der Waals surface area contributed by atoms with Crippen LogP contribution in [0.4, 0.5) is 0 Å². The summed E-state index contributed by atoms with van der Waals surface area (Å²) in [5.74, 6) is 0.552. The van der Waals surface area contributed by atoms with E-state index in [-0.39, 0.29) is 18.6 Å². The van der Waals surface area contributed by atoms with Gasteiger partial charge in [-0.1, -0.05) is 44.2 Å². The van der Waals surface area contributed by atoms with Crippen molar-refractivity contribution in [2.75, 3.05) is 6.61 Å². The minimum Gasteiger partial charge on any atom is -0.483 e. The van der Waals surface area contributed by atoms with E-state index in [1.807, 2.05) is 25.1 Å². The predicted octanol–water partition coefficient (Wildman–Crippen LogP) is 4.83. The fraction of sp³-hybridized carbons (Fsp3) is 0.350. The van der Waals surface area contributed by atoms with Crippen molar-refractivity contribution < 1.29 is 9.53 Å². The van der Waals surface area contributed by atoms with Crippen molar-refractivity contribution in [3.8, 4) is 5.75 Å². The third kappa shape index (κ3) is 5.10. The quantitative estimate of drug-likeness (QED) is 0.736. The molecule has 0 radical (unpaired) electrons. The molecule has 0 aliphatic carbocycles. The van der Waals surface area contributed by atoms with E-state index < -0.39 is 0 Å². The zero-order valence-corrected chi connectivity index (χ0v) is 16.0. The smallest absolute Gasteiger partial charge is 0.258 e. The van der Waals surface area contributed by atoms with Gasteiger partial charge in [-0.15, -0.1) is 0 Å². The van der Waals surface area contributed by atoms with Gasteiger partial charge in [0.1, 0.15) is 5.75 Å². The van der Waals surface area contributed by atoms with Crippen molar-refractivity contribution in [3.63, 3.8) is 0 Å². The van der Waals surface area contributed by atoms with Crippen molar-refractivity contribution in [1.82, 2.24) is 5.32 Å². The number of halogens is 1. The monoisotopic (exact) mass is 389 g/mol. The van der Waals surface area contributed by atoms with Gasteiger partial charge in [0, 0.05) is 0 Å². The first kappa shape index (κ1) is 18.5. The number of hydrogen-bond donors (Lipinski definition) is 1. The van der Waals surface area contributed by atoms with E-state index >= 15 is 0 Å². The zero-order chi connectivity index (χ0) is 17.5. The third-order valence-corrected chi connectivity index (χ3v) is 4.65. The number of benzene rings is 2. The summed E-state index contributed by atoms with van der Waals surface area (Å²) >= 11 is 3.48. The summed E-state index contributed by atoms with van der Waals surface area (Å²) in [4.78, 5) is 12.1. The lowest BCUT2D eigenvalue weighted by molar-refractivity contribution is -0.123. The molecule has 0 spiro atoms. The second kappa shape index (κ2) is 8.88. The number of hydrogen-bond acceptors (Lipinski definition) is 2. The normalized spacial score (nSPS) is 11.8. The van der Waals surface area contributed by atoms with Gasteiger partial charge in [0.25, 0.3) is 5.91 Å². The van der Waals surface area contributed by atoms with Gasteiger partial charge in [-0.2, -0.15) is 0 Å². The maximum Gasteiger partial charge on any atom is 0.258 e. The molecule has 0 heterocycles. The summed E-state index contributed by atoms with van der Waals surface area (Å²) in [7, 11) is 0. The molecule has 2 rings (SSSR count). The number of nitrogens with one attached hydrogen (secondary N) is 1. The molecule has 2 aromatic carbocycles. The summed E-state index contributed by atoms with van der Waals surface area (Å²) in [5.41, 5.74) is 3.61. The molecule has 1 amide bonds. The summed E-state index contributed by atoms with van der Waals surface area (Å²) in [6.07, 6.45) is 1.98. The molecular formula is C20H24BrNO2. The Hall–Kier alpha value is -1.81. The van der Waals surface area contributed by atoms with E-state index in [4.69, 9.17) is 4.74 Å². The lowest BCUT2D eigenvalue weighted by atomic mass is 10.1. The summed E-state index contributed by atoms with van der Waals surface area (Å²) in [6, 6.07) is 14.2. The molecule has 2 aromatic rings. The zero-order valence-electron chi connectivity index (χ0n) is 14.4. The van der Waals surface area contributed by atoms with Crippen LogP contribution in [0.1, 0.15) is 43.5 Å². The van der Waals surface area contributed by atoms with E-state index in [1.165, 1.54) is 11.1 Å². The van der Waals surface area contributed by atoms with Gasteiger partial charge in [0.2, 0.25) is 0 Å². The molecule has 0 bridgehead atoms. The standard InChI is InChI=1S/C20H24BrNO2/c1-4-15-6-9-17(10-7-15)14(3)22-20(23)13-24-19-11-8-16(5-2)12-18(19)21/h6-12,14H,4-5,13H2,1-3H3,(H,22,23)/t14-/m0/s1. The molecule has 4 heteroatoms. The minimum atomic E-state index is -0.131. The minimum absolute atomic E-state index is 0.00144. The van der Waals surface area contributed by atoms with Crippen LogP contribution in [0.3, 0.4) is 0 Å². The molecule has 0 aromatic heterocycles. The topological polar surface area (TPSA) is 38.3 Å². The molecule has 3 nitrogen and oxygen atoms in total. The molecule has 0 aliphatic rings. The number of ether oxygens (including phenoxy) is 1. The maximum absolute atomic E-state index is 12.1. The fourth-order valence-electron chi connectivity index (χ4n) is 2.43. The molecule has 128 valence electrons. The van der Waals surface area contributed by atoms with E-state index in [1.54, 1.807) is 0 Å². The highest BCUT2D eigenvalue weighted by atomic mass is 79.9. The molecule has 1 atom stereocenters. The first-order valence-electron chi connectivity index (χ1n) is 8.32. The van der Waals surface area contributed by atoms with Gasteiger partial charge in [-0.3, -0.25) is 4.79 Å². The summed E-state index contributed by atoms with van der Waals surface area (Å²) in [5, 5.41) is 2.97. The number of aryl methyl sites for hydroxylation is 2. The van der Waals surface area contributed by atoms with Crippen molar-refractivity contribution >= 4 is 21.8 Å². The third-order valence-electron chi connectivity index (χ3n) is 4.03. The SMILES string of the molecule is CCc1ccc([C@H](C)NC(=O)COc2ccc(CC)cc2Br)cc1. The van der Waals surface area contributed by atoms with Crippen molar-refractivity contribution in [2.24, 2.45) is 0 Å². The van der Waals surface area contributed by atoms with Gasteiger partial charge in [-0.05, 0) is 64.5 Å². The van der Waals surface area contributed by atoms with Gasteiger partial charge in [0.15, 0.2) is 6.61 Å². The molecule has 0 saturated carbocycles. The van der Waals surface area contributed by atoms with Crippen LogP contribution in [-0.2, 0) is 17.6 Å². The lowest BCUT2D eigenvalue weighted by Gasteiger charge is -2.15. The average Bonchev–Trinajstić information content (AvgIpc) is 2.60. The highest BCUT2D eigenvalue weighted by Gasteiger charge is 2.11. The van der Waals surface area contributed by atoms with Crippen molar-refractivity contribution in [1.29, 1.82) is 0 Å². The number of carbonyl (C=O) groups excluding carboxylic acids is 1. The Balaban J connectivity index is 1.88. The first-order valence-corrected chi connectivity index (χ1v) is 9.12. The molecular weight excluding hydrogens is 366 g/mol. The molecule has 0 unspecified atom stereocenters. The number of carbonyl (C=O) groups is 1. The second-order valence-electron chi connectivity index (χ2n) is 5.79. The largest absolute Gasteiger partial charge is 0.483 e. The molecule has 0 saturated heterocycles. The van der Waals surface area contributed by atoms with Crippen molar-refractivity contribution in [3.05, 3.63) is 63.6 Å². The predicted molar refractivity (Wildman–Crippen MR) is 101 cm³/mol. The Labute approximate surface area is 152 Å². The average molecular weight is 390 g/mol. The maximum atomic E-state index is 12.1. The molecule has 1 N–H and O–H groups in total.